The first kappa shape index (κ1) is 19.3. The van der Waals surface area contributed by atoms with Crippen molar-refractivity contribution < 1.29 is 9.59 Å². The van der Waals surface area contributed by atoms with Crippen LogP contribution in [0.1, 0.15) is 21.0 Å². The second-order valence-corrected chi connectivity index (χ2v) is 7.14. The number of nitrogens with one attached hydrogen (secondary N) is 2. The van der Waals surface area contributed by atoms with E-state index in [4.69, 9.17) is 0 Å². The molecule has 0 saturated heterocycles. The summed E-state index contributed by atoms with van der Waals surface area (Å²) in [4.78, 5) is 38.2. The van der Waals surface area contributed by atoms with Crippen molar-refractivity contribution in [2.75, 3.05) is 10.6 Å². The third-order valence-electron chi connectivity index (χ3n) is 4.94. The van der Waals surface area contributed by atoms with E-state index in [0.717, 1.165) is 21.8 Å². The maximum Gasteiger partial charge on any atom is 0.274 e. The van der Waals surface area contributed by atoms with Crippen LogP contribution in [-0.4, -0.2) is 26.8 Å². The Labute approximate surface area is 183 Å². The van der Waals surface area contributed by atoms with E-state index in [1.54, 1.807) is 42.7 Å². The summed E-state index contributed by atoms with van der Waals surface area (Å²) >= 11 is 0. The van der Waals surface area contributed by atoms with Crippen LogP contribution in [0.5, 0.6) is 0 Å². The molecule has 3 aromatic heterocycles. The van der Waals surface area contributed by atoms with Gasteiger partial charge in [0.2, 0.25) is 0 Å². The lowest BCUT2D eigenvalue weighted by molar-refractivity contribution is 0.101. The van der Waals surface area contributed by atoms with Gasteiger partial charge >= 0.3 is 0 Å². The number of rotatable bonds is 4. The number of fused-ring (bicyclic) bond motifs is 2. The van der Waals surface area contributed by atoms with Gasteiger partial charge in [0.25, 0.3) is 11.8 Å². The zero-order chi connectivity index (χ0) is 21.9. The highest BCUT2D eigenvalue weighted by molar-refractivity contribution is 6.07. The van der Waals surface area contributed by atoms with Crippen molar-refractivity contribution in [3.8, 4) is 0 Å². The second-order valence-electron chi connectivity index (χ2n) is 7.14. The number of aromatic nitrogens is 3. The largest absolute Gasteiger partial charge is 0.321 e. The summed E-state index contributed by atoms with van der Waals surface area (Å²) in [6.45, 7) is 0. The molecule has 0 aliphatic heterocycles. The van der Waals surface area contributed by atoms with Crippen molar-refractivity contribution in [2.45, 2.75) is 0 Å². The molecule has 0 bridgehead atoms. The number of carbonyl (C=O) groups is 2. The first-order chi connectivity index (χ1) is 15.7. The lowest BCUT2D eigenvalue weighted by atomic mass is 10.2. The molecular weight excluding hydrogens is 402 g/mol. The maximum absolute atomic E-state index is 12.7. The van der Waals surface area contributed by atoms with Crippen LogP contribution in [-0.2, 0) is 0 Å². The number of amides is 2. The molecule has 0 atom stereocenters. The molecule has 2 amide bonds. The summed E-state index contributed by atoms with van der Waals surface area (Å²) in [5.74, 6) is -0.806. The fraction of sp³-hybridized carbons (Fsp3) is 0. The van der Waals surface area contributed by atoms with Gasteiger partial charge in [-0.2, -0.15) is 0 Å². The number of carbonyl (C=O) groups excluding carboxylic acids is 2. The summed E-state index contributed by atoms with van der Waals surface area (Å²) in [6, 6.07) is 23.2. The summed E-state index contributed by atoms with van der Waals surface area (Å²) in [5, 5.41) is 7.46. The maximum atomic E-state index is 12.7. The lowest BCUT2D eigenvalue weighted by Crippen LogP contribution is -2.18. The highest BCUT2D eigenvalue weighted by atomic mass is 16.2. The van der Waals surface area contributed by atoms with Crippen LogP contribution in [0.3, 0.4) is 0 Å². The Morgan fingerprint density at radius 3 is 1.59 bits per heavy atom. The average Bonchev–Trinajstić information content (AvgIpc) is 2.84. The quantitative estimate of drug-likeness (QED) is 0.441. The van der Waals surface area contributed by atoms with Gasteiger partial charge in [0.05, 0.1) is 11.0 Å². The van der Waals surface area contributed by atoms with Crippen LogP contribution < -0.4 is 10.6 Å². The number of pyridine rings is 3. The molecule has 0 aliphatic rings. The molecule has 0 spiro atoms. The number of anilines is 2. The highest BCUT2D eigenvalue weighted by Gasteiger charge is 2.13. The topological polar surface area (TPSA) is 96.9 Å². The minimum absolute atomic E-state index is 0.145. The van der Waals surface area contributed by atoms with E-state index in [2.05, 4.69) is 25.6 Å². The predicted octanol–water partition coefficient (Wildman–Crippen LogP) is 4.68. The summed E-state index contributed by atoms with van der Waals surface area (Å²) < 4.78 is 0. The van der Waals surface area contributed by atoms with Crippen molar-refractivity contribution in [2.24, 2.45) is 0 Å². The van der Waals surface area contributed by atoms with Gasteiger partial charge in [-0.3, -0.25) is 19.6 Å². The molecule has 2 N–H and O–H groups in total. The Hall–Kier alpha value is -4.65. The van der Waals surface area contributed by atoms with Gasteiger partial charge in [0.15, 0.2) is 0 Å². The molecule has 7 heteroatoms. The van der Waals surface area contributed by atoms with Gasteiger partial charge < -0.3 is 10.6 Å². The van der Waals surface area contributed by atoms with Crippen LogP contribution >= 0.6 is 0 Å². The zero-order valence-electron chi connectivity index (χ0n) is 16.8. The van der Waals surface area contributed by atoms with Gasteiger partial charge in [-0.1, -0.05) is 18.2 Å². The van der Waals surface area contributed by atoms with Crippen molar-refractivity contribution in [3.63, 3.8) is 0 Å². The number of hydrogen-bond acceptors (Lipinski definition) is 5. The van der Waals surface area contributed by atoms with Gasteiger partial charge in [-0.25, -0.2) is 4.98 Å². The van der Waals surface area contributed by atoms with Gasteiger partial charge in [0.1, 0.15) is 11.4 Å². The average molecular weight is 419 g/mol. The van der Waals surface area contributed by atoms with Gasteiger partial charge in [-0.05, 0) is 60.7 Å². The Bertz CT molecular complexity index is 1370. The van der Waals surface area contributed by atoms with Crippen molar-refractivity contribution in [3.05, 3.63) is 103 Å². The Morgan fingerprint density at radius 1 is 0.594 bits per heavy atom. The van der Waals surface area contributed by atoms with E-state index in [-0.39, 0.29) is 11.4 Å². The molecule has 5 aromatic rings. The van der Waals surface area contributed by atoms with Crippen LogP contribution in [0.2, 0.25) is 0 Å². The molecule has 5 rings (SSSR count). The number of nitrogens with zero attached hydrogens (tertiary/aromatic N) is 3. The summed E-state index contributed by atoms with van der Waals surface area (Å²) in [6.07, 6.45) is 3.44. The van der Waals surface area contributed by atoms with Crippen molar-refractivity contribution in [1.29, 1.82) is 0 Å². The third kappa shape index (κ3) is 3.99. The first-order valence-corrected chi connectivity index (χ1v) is 9.95. The van der Waals surface area contributed by atoms with E-state index < -0.39 is 11.8 Å². The minimum atomic E-state index is -0.403. The summed E-state index contributed by atoms with van der Waals surface area (Å²) in [5.41, 5.74) is 3.21. The molecule has 2 aromatic carbocycles. The molecular formula is C25H17N5O2. The van der Waals surface area contributed by atoms with E-state index >= 15 is 0 Å². The van der Waals surface area contributed by atoms with E-state index in [9.17, 15) is 9.59 Å². The van der Waals surface area contributed by atoms with Crippen LogP contribution in [0, 0.1) is 0 Å². The molecule has 0 aliphatic carbocycles. The molecule has 154 valence electrons. The van der Waals surface area contributed by atoms with Crippen LogP contribution in [0.15, 0.2) is 91.3 Å². The molecule has 7 nitrogen and oxygen atoms in total. The molecule has 0 saturated carbocycles. The number of hydrogen-bond donors (Lipinski definition) is 2. The molecule has 32 heavy (non-hydrogen) atoms. The molecule has 3 heterocycles. The minimum Gasteiger partial charge on any atom is -0.321 e. The standard InChI is InChI=1S/C25H17N5O2/c31-24(28-18-8-10-20-16(14-18)4-2-12-26-20)22-6-1-7-23(30-22)25(32)29-19-9-11-21-17(15-19)5-3-13-27-21/h1-15H,(H,28,31)(H,29,32). The third-order valence-corrected chi connectivity index (χ3v) is 4.94. The molecule has 0 unspecified atom stereocenters. The van der Waals surface area contributed by atoms with Crippen molar-refractivity contribution in [1.82, 2.24) is 15.0 Å². The fourth-order valence-corrected chi connectivity index (χ4v) is 3.38. The van der Waals surface area contributed by atoms with Gasteiger partial charge in [0, 0.05) is 34.5 Å². The van der Waals surface area contributed by atoms with Crippen molar-refractivity contribution >= 4 is 45.0 Å². The van der Waals surface area contributed by atoms with Crippen LogP contribution in [0.4, 0.5) is 11.4 Å². The summed E-state index contributed by atoms with van der Waals surface area (Å²) in [7, 11) is 0. The molecule has 0 radical (unpaired) electrons. The molecule has 0 fully saturated rings. The lowest BCUT2D eigenvalue weighted by Gasteiger charge is -2.08. The van der Waals surface area contributed by atoms with Gasteiger partial charge in [-0.15, -0.1) is 0 Å². The second kappa shape index (κ2) is 8.23. The van der Waals surface area contributed by atoms with E-state index in [1.165, 1.54) is 0 Å². The Balaban J connectivity index is 1.33. The first-order valence-electron chi connectivity index (χ1n) is 9.95. The fourth-order valence-electron chi connectivity index (χ4n) is 3.38. The highest BCUT2D eigenvalue weighted by Crippen LogP contribution is 2.19. The van der Waals surface area contributed by atoms with Crippen LogP contribution in [0.25, 0.3) is 21.8 Å². The SMILES string of the molecule is O=C(Nc1ccc2ncccc2c1)c1cccc(C(=O)Nc2ccc3ncccc3c2)n1. The van der Waals surface area contributed by atoms with E-state index in [0.29, 0.717) is 11.4 Å². The monoisotopic (exact) mass is 419 g/mol. The smallest absolute Gasteiger partial charge is 0.274 e. The predicted molar refractivity (Wildman–Crippen MR) is 124 cm³/mol. The zero-order valence-corrected chi connectivity index (χ0v) is 16.8. The Kier molecular flexibility index (Phi) is 4.97. The normalized spacial score (nSPS) is 10.8. The number of benzene rings is 2. The Morgan fingerprint density at radius 2 is 1.09 bits per heavy atom. The van der Waals surface area contributed by atoms with E-state index in [1.807, 2.05) is 48.5 Å².